The predicted molar refractivity (Wildman–Crippen MR) is 95.8 cm³/mol. The van der Waals surface area contributed by atoms with Crippen molar-refractivity contribution in [2.75, 3.05) is 12.4 Å². The first-order valence-electron chi connectivity index (χ1n) is 8.09. The highest BCUT2D eigenvalue weighted by Crippen LogP contribution is 2.14. The Bertz CT molecular complexity index is 853. The van der Waals surface area contributed by atoms with E-state index in [-0.39, 0.29) is 11.7 Å². The molecule has 3 aromatic rings. The van der Waals surface area contributed by atoms with Gasteiger partial charge in [-0.2, -0.15) is 0 Å². The van der Waals surface area contributed by atoms with Crippen molar-refractivity contribution < 1.29 is 9.18 Å². The molecule has 3 rings (SSSR count). The minimum atomic E-state index is -0.313. The van der Waals surface area contributed by atoms with Crippen LogP contribution in [-0.2, 0) is 13.1 Å². The fraction of sp³-hybridized carbons (Fsp3) is 0.158. The van der Waals surface area contributed by atoms with E-state index in [0.717, 1.165) is 11.3 Å². The zero-order chi connectivity index (χ0) is 18.4. The van der Waals surface area contributed by atoms with Crippen LogP contribution in [0.15, 0.2) is 61.1 Å². The number of pyridine rings is 1. The maximum absolute atomic E-state index is 13.2. The number of hydrogen-bond donors (Lipinski definition) is 1. The number of amides is 1. The molecule has 0 spiro atoms. The minimum Gasteiger partial charge on any atom is -0.357 e. The SMILES string of the molecule is CNc1ncc(C(=O)N(Cc2ccc(F)cc2)Cc2ccccn2)cn1. The number of benzene rings is 1. The van der Waals surface area contributed by atoms with Crippen LogP contribution in [0.3, 0.4) is 0 Å². The Morgan fingerprint density at radius 3 is 2.38 bits per heavy atom. The predicted octanol–water partition coefficient (Wildman–Crippen LogP) is 2.90. The van der Waals surface area contributed by atoms with E-state index in [4.69, 9.17) is 0 Å². The van der Waals surface area contributed by atoms with Gasteiger partial charge in [-0.25, -0.2) is 14.4 Å². The van der Waals surface area contributed by atoms with Gasteiger partial charge in [0.05, 0.1) is 17.8 Å². The molecular weight excluding hydrogens is 333 g/mol. The molecular formula is C19H18FN5O. The maximum atomic E-state index is 13.2. The Kier molecular flexibility index (Phi) is 5.48. The average Bonchev–Trinajstić information content (AvgIpc) is 2.69. The van der Waals surface area contributed by atoms with Crippen molar-refractivity contribution in [3.05, 3.63) is 83.7 Å². The van der Waals surface area contributed by atoms with E-state index >= 15 is 0 Å². The summed E-state index contributed by atoms with van der Waals surface area (Å²) in [5, 5.41) is 2.81. The normalized spacial score (nSPS) is 10.4. The number of aromatic nitrogens is 3. The van der Waals surface area contributed by atoms with Crippen LogP contribution in [0.25, 0.3) is 0 Å². The summed E-state index contributed by atoms with van der Waals surface area (Å²) in [6.07, 6.45) is 4.65. The van der Waals surface area contributed by atoms with Gasteiger partial charge in [0.2, 0.25) is 5.95 Å². The molecule has 0 fully saturated rings. The summed E-state index contributed by atoms with van der Waals surface area (Å²) in [6, 6.07) is 11.6. The number of nitrogens with one attached hydrogen (secondary N) is 1. The Morgan fingerprint density at radius 2 is 1.77 bits per heavy atom. The summed E-state index contributed by atoms with van der Waals surface area (Å²) < 4.78 is 13.2. The summed E-state index contributed by atoms with van der Waals surface area (Å²) in [6.45, 7) is 0.647. The number of carbonyl (C=O) groups is 1. The fourth-order valence-corrected chi connectivity index (χ4v) is 2.45. The van der Waals surface area contributed by atoms with Crippen molar-refractivity contribution in [2.45, 2.75) is 13.1 Å². The molecule has 0 aliphatic heterocycles. The van der Waals surface area contributed by atoms with Gasteiger partial charge in [0.25, 0.3) is 5.91 Å². The van der Waals surface area contributed by atoms with E-state index in [0.29, 0.717) is 24.6 Å². The summed E-state index contributed by atoms with van der Waals surface area (Å²) >= 11 is 0. The quantitative estimate of drug-likeness (QED) is 0.739. The Morgan fingerprint density at radius 1 is 1.04 bits per heavy atom. The van der Waals surface area contributed by atoms with E-state index < -0.39 is 0 Å². The molecule has 132 valence electrons. The lowest BCUT2D eigenvalue weighted by atomic mass is 10.2. The van der Waals surface area contributed by atoms with Crippen LogP contribution in [0.1, 0.15) is 21.6 Å². The topological polar surface area (TPSA) is 71.0 Å². The minimum absolute atomic E-state index is 0.220. The molecule has 1 N–H and O–H groups in total. The van der Waals surface area contributed by atoms with Crippen molar-refractivity contribution in [1.29, 1.82) is 0 Å². The third-order valence-corrected chi connectivity index (χ3v) is 3.78. The first kappa shape index (κ1) is 17.5. The number of anilines is 1. The Labute approximate surface area is 150 Å². The second-order valence-corrected chi connectivity index (χ2v) is 5.65. The third-order valence-electron chi connectivity index (χ3n) is 3.78. The van der Waals surface area contributed by atoms with Gasteiger partial charge in [-0.05, 0) is 29.8 Å². The molecule has 0 saturated carbocycles. The molecule has 6 nitrogen and oxygen atoms in total. The van der Waals surface area contributed by atoms with Crippen molar-refractivity contribution in [1.82, 2.24) is 19.9 Å². The fourth-order valence-electron chi connectivity index (χ4n) is 2.45. The maximum Gasteiger partial charge on any atom is 0.257 e. The molecule has 0 unspecified atom stereocenters. The van der Waals surface area contributed by atoms with Gasteiger partial charge in [-0.1, -0.05) is 18.2 Å². The first-order valence-corrected chi connectivity index (χ1v) is 8.09. The lowest BCUT2D eigenvalue weighted by Crippen LogP contribution is -2.30. The first-order chi connectivity index (χ1) is 12.7. The van der Waals surface area contributed by atoms with Crippen LogP contribution >= 0.6 is 0 Å². The van der Waals surface area contributed by atoms with Gasteiger partial charge in [-0.3, -0.25) is 9.78 Å². The highest BCUT2D eigenvalue weighted by Gasteiger charge is 2.18. The second-order valence-electron chi connectivity index (χ2n) is 5.65. The van der Waals surface area contributed by atoms with Crippen molar-refractivity contribution in [3.8, 4) is 0 Å². The number of hydrogen-bond acceptors (Lipinski definition) is 5. The molecule has 0 aliphatic carbocycles. The lowest BCUT2D eigenvalue weighted by molar-refractivity contribution is 0.0727. The van der Waals surface area contributed by atoms with E-state index in [1.807, 2.05) is 18.2 Å². The number of carbonyl (C=O) groups excluding carboxylic acids is 1. The van der Waals surface area contributed by atoms with Crippen LogP contribution in [0, 0.1) is 5.82 Å². The zero-order valence-corrected chi connectivity index (χ0v) is 14.3. The summed E-state index contributed by atoms with van der Waals surface area (Å²) in [5.41, 5.74) is 1.96. The van der Waals surface area contributed by atoms with Gasteiger partial charge in [0.15, 0.2) is 0 Å². The van der Waals surface area contributed by atoms with Gasteiger partial charge >= 0.3 is 0 Å². The molecule has 0 atom stereocenters. The Balaban J connectivity index is 1.85. The third kappa shape index (κ3) is 4.38. The van der Waals surface area contributed by atoms with Crippen LogP contribution in [0.4, 0.5) is 10.3 Å². The number of rotatable bonds is 6. The molecule has 1 aromatic carbocycles. The van der Waals surface area contributed by atoms with Gasteiger partial charge in [0.1, 0.15) is 5.82 Å². The molecule has 0 aliphatic rings. The smallest absolute Gasteiger partial charge is 0.257 e. The standard InChI is InChI=1S/C19H18FN5O/c1-21-19-23-10-15(11-24-19)18(26)25(13-17-4-2-3-9-22-17)12-14-5-7-16(20)8-6-14/h2-11H,12-13H2,1H3,(H,21,23,24). The molecule has 0 saturated heterocycles. The molecule has 2 aromatic heterocycles. The van der Waals surface area contributed by atoms with Crippen LogP contribution in [-0.4, -0.2) is 32.8 Å². The van der Waals surface area contributed by atoms with Crippen molar-refractivity contribution in [3.63, 3.8) is 0 Å². The lowest BCUT2D eigenvalue weighted by Gasteiger charge is -2.22. The van der Waals surface area contributed by atoms with Gasteiger partial charge < -0.3 is 10.2 Å². The van der Waals surface area contributed by atoms with E-state index in [9.17, 15) is 9.18 Å². The second kappa shape index (κ2) is 8.15. The van der Waals surface area contributed by atoms with Crippen molar-refractivity contribution in [2.24, 2.45) is 0 Å². The molecule has 7 heteroatoms. The largest absolute Gasteiger partial charge is 0.357 e. The number of nitrogens with zero attached hydrogens (tertiary/aromatic N) is 4. The molecule has 0 radical (unpaired) electrons. The monoisotopic (exact) mass is 351 g/mol. The molecule has 26 heavy (non-hydrogen) atoms. The summed E-state index contributed by atoms with van der Waals surface area (Å²) in [4.78, 5) is 27.0. The van der Waals surface area contributed by atoms with Crippen LogP contribution < -0.4 is 5.32 Å². The van der Waals surface area contributed by atoms with Gasteiger partial charge in [-0.15, -0.1) is 0 Å². The highest BCUT2D eigenvalue weighted by molar-refractivity contribution is 5.93. The van der Waals surface area contributed by atoms with Crippen molar-refractivity contribution >= 4 is 11.9 Å². The number of halogens is 1. The zero-order valence-electron chi connectivity index (χ0n) is 14.3. The molecule has 2 heterocycles. The highest BCUT2D eigenvalue weighted by atomic mass is 19.1. The van der Waals surface area contributed by atoms with Crippen LogP contribution in [0.2, 0.25) is 0 Å². The van der Waals surface area contributed by atoms with Crippen LogP contribution in [0.5, 0.6) is 0 Å². The van der Waals surface area contributed by atoms with E-state index in [1.54, 1.807) is 30.3 Å². The van der Waals surface area contributed by atoms with E-state index in [1.165, 1.54) is 24.5 Å². The average molecular weight is 351 g/mol. The summed E-state index contributed by atoms with van der Waals surface area (Å²) in [7, 11) is 1.71. The van der Waals surface area contributed by atoms with E-state index in [2.05, 4.69) is 20.3 Å². The molecule has 0 bridgehead atoms. The summed E-state index contributed by atoms with van der Waals surface area (Å²) in [5.74, 6) is -0.0913. The molecule has 1 amide bonds. The Hall–Kier alpha value is -3.35. The van der Waals surface area contributed by atoms with Gasteiger partial charge in [0, 0.05) is 32.2 Å².